The van der Waals surface area contributed by atoms with Gasteiger partial charge in [0.15, 0.2) is 5.16 Å². The Balaban J connectivity index is 1.71. The second kappa shape index (κ2) is 5.34. The molecule has 3 heterocycles. The van der Waals surface area contributed by atoms with Crippen molar-refractivity contribution in [2.45, 2.75) is 30.6 Å². The SMILES string of the molecule is O=C(NCC1CCCO1)c1cnc2n(c1=O)CCS2. The van der Waals surface area contributed by atoms with Crippen molar-refractivity contribution in [1.29, 1.82) is 0 Å². The molecular formula is C12H15N3O3S. The van der Waals surface area contributed by atoms with Gasteiger partial charge < -0.3 is 10.1 Å². The summed E-state index contributed by atoms with van der Waals surface area (Å²) in [6, 6.07) is 0. The number of nitrogens with zero attached hydrogens (tertiary/aromatic N) is 2. The number of rotatable bonds is 3. The van der Waals surface area contributed by atoms with E-state index in [1.165, 1.54) is 18.0 Å². The Hall–Kier alpha value is -1.34. The smallest absolute Gasteiger partial charge is 0.267 e. The van der Waals surface area contributed by atoms with Gasteiger partial charge in [0.25, 0.3) is 11.5 Å². The second-order valence-corrected chi connectivity index (χ2v) is 5.67. The third kappa shape index (κ3) is 2.52. The number of carbonyl (C=O) groups excluding carboxylic acids is 1. The topological polar surface area (TPSA) is 73.2 Å². The third-order valence-electron chi connectivity index (χ3n) is 3.32. The lowest BCUT2D eigenvalue weighted by Gasteiger charge is -2.11. The van der Waals surface area contributed by atoms with Crippen LogP contribution in [0.15, 0.2) is 16.1 Å². The van der Waals surface area contributed by atoms with E-state index in [-0.39, 0.29) is 23.1 Å². The second-order valence-electron chi connectivity index (χ2n) is 4.60. The van der Waals surface area contributed by atoms with Crippen molar-refractivity contribution in [3.63, 3.8) is 0 Å². The molecule has 0 saturated carbocycles. The van der Waals surface area contributed by atoms with Crippen LogP contribution >= 0.6 is 11.8 Å². The van der Waals surface area contributed by atoms with E-state index >= 15 is 0 Å². The van der Waals surface area contributed by atoms with Crippen LogP contribution in [0.3, 0.4) is 0 Å². The van der Waals surface area contributed by atoms with E-state index in [9.17, 15) is 9.59 Å². The average molecular weight is 281 g/mol. The highest BCUT2D eigenvalue weighted by molar-refractivity contribution is 7.99. The first-order valence-corrected chi connectivity index (χ1v) is 7.36. The maximum Gasteiger partial charge on any atom is 0.267 e. The first kappa shape index (κ1) is 12.7. The third-order valence-corrected chi connectivity index (χ3v) is 4.29. The fraction of sp³-hybridized carbons (Fsp3) is 0.583. The molecule has 1 aromatic heterocycles. The van der Waals surface area contributed by atoms with Crippen molar-refractivity contribution in [3.05, 3.63) is 22.1 Å². The van der Waals surface area contributed by atoms with Crippen LogP contribution in [0.2, 0.25) is 0 Å². The predicted octanol–water partition coefficient (Wildman–Crippen LogP) is 0.258. The minimum absolute atomic E-state index is 0.0737. The van der Waals surface area contributed by atoms with Gasteiger partial charge in [-0.25, -0.2) is 4.98 Å². The van der Waals surface area contributed by atoms with Crippen LogP contribution in [0.1, 0.15) is 23.2 Å². The van der Waals surface area contributed by atoms with Crippen LogP contribution in [0, 0.1) is 0 Å². The number of hydrogen-bond donors (Lipinski definition) is 1. The zero-order valence-electron chi connectivity index (χ0n) is 10.4. The van der Waals surface area contributed by atoms with Crippen molar-refractivity contribution in [2.24, 2.45) is 0 Å². The molecule has 0 radical (unpaired) electrons. The summed E-state index contributed by atoms with van der Waals surface area (Å²) in [5.41, 5.74) is -0.135. The Morgan fingerprint density at radius 1 is 1.63 bits per heavy atom. The maximum absolute atomic E-state index is 12.1. The Kier molecular flexibility index (Phi) is 3.56. The van der Waals surface area contributed by atoms with Crippen molar-refractivity contribution in [1.82, 2.24) is 14.9 Å². The van der Waals surface area contributed by atoms with Gasteiger partial charge >= 0.3 is 0 Å². The first-order valence-electron chi connectivity index (χ1n) is 6.38. The van der Waals surface area contributed by atoms with Gasteiger partial charge in [-0.1, -0.05) is 11.8 Å². The molecule has 6 nitrogen and oxygen atoms in total. The minimum Gasteiger partial charge on any atom is -0.376 e. The number of carbonyl (C=O) groups is 1. The van der Waals surface area contributed by atoms with Gasteiger partial charge in [-0.2, -0.15) is 0 Å². The van der Waals surface area contributed by atoms with Gasteiger partial charge in [-0.05, 0) is 12.8 Å². The summed E-state index contributed by atoms with van der Waals surface area (Å²) in [4.78, 5) is 28.3. The molecule has 2 aliphatic rings. The van der Waals surface area contributed by atoms with Gasteiger partial charge in [-0.3, -0.25) is 14.2 Å². The maximum atomic E-state index is 12.1. The van der Waals surface area contributed by atoms with E-state index < -0.39 is 0 Å². The number of thioether (sulfide) groups is 1. The van der Waals surface area contributed by atoms with E-state index in [2.05, 4.69) is 10.3 Å². The quantitative estimate of drug-likeness (QED) is 0.804. The lowest BCUT2D eigenvalue weighted by atomic mass is 10.2. The Bertz CT molecular complexity index is 552. The Morgan fingerprint density at radius 2 is 2.53 bits per heavy atom. The largest absolute Gasteiger partial charge is 0.376 e. The van der Waals surface area contributed by atoms with Crippen LogP contribution < -0.4 is 10.9 Å². The molecule has 19 heavy (non-hydrogen) atoms. The molecular weight excluding hydrogens is 266 g/mol. The highest BCUT2D eigenvalue weighted by Gasteiger charge is 2.21. The normalized spacial score (nSPS) is 21.4. The molecule has 0 aliphatic carbocycles. The van der Waals surface area contributed by atoms with E-state index in [1.807, 2.05) is 0 Å². The standard InChI is InChI=1S/C12H15N3O3S/c16-10(13-6-8-2-1-4-18-8)9-7-14-12-15(11(9)17)3-5-19-12/h7-8H,1-6H2,(H,13,16). The van der Waals surface area contributed by atoms with Gasteiger partial charge in [0.1, 0.15) is 5.56 Å². The lowest BCUT2D eigenvalue weighted by Crippen LogP contribution is -2.37. The molecule has 1 amide bonds. The predicted molar refractivity (Wildman–Crippen MR) is 70.5 cm³/mol. The summed E-state index contributed by atoms with van der Waals surface area (Å²) < 4.78 is 6.99. The van der Waals surface area contributed by atoms with Gasteiger partial charge in [0.05, 0.1) is 6.10 Å². The number of fused-ring (bicyclic) bond motifs is 1. The van der Waals surface area contributed by atoms with Crippen molar-refractivity contribution in [2.75, 3.05) is 18.9 Å². The molecule has 1 atom stereocenters. The monoisotopic (exact) mass is 281 g/mol. The molecule has 1 N–H and O–H groups in total. The first-order chi connectivity index (χ1) is 9.25. The zero-order valence-corrected chi connectivity index (χ0v) is 11.2. The van der Waals surface area contributed by atoms with Crippen LogP contribution in [-0.2, 0) is 11.3 Å². The summed E-state index contributed by atoms with van der Waals surface area (Å²) in [5, 5.41) is 3.44. The summed E-state index contributed by atoms with van der Waals surface area (Å²) in [7, 11) is 0. The molecule has 102 valence electrons. The number of ether oxygens (including phenoxy) is 1. The number of amides is 1. The summed E-state index contributed by atoms with van der Waals surface area (Å²) in [5.74, 6) is 0.476. The number of hydrogen-bond acceptors (Lipinski definition) is 5. The molecule has 1 saturated heterocycles. The average Bonchev–Trinajstić information content (AvgIpc) is 3.07. The van der Waals surface area contributed by atoms with Crippen molar-refractivity contribution in [3.8, 4) is 0 Å². The molecule has 3 rings (SSSR count). The molecule has 1 unspecified atom stereocenters. The Labute approximate surface area is 114 Å². The van der Waals surface area contributed by atoms with E-state index in [4.69, 9.17) is 4.74 Å². The van der Waals surface area contributed by atoms with E-state index in [0.717, 1.165) is 25.2 Å². The van der Waals surface area contributed by atoms with Gasteiger partial charge in [0.2, 0.25) is 0 Å². The zero-order chi connectivity index (χ0) is 13.2. The number of aromatic nitrogens is 2. The van der Waals surface area contributed by atoms with Crippen LogP contribution in [0.5, 0.6) is 0 Å². The summed E-state index contributed by atoms with van der Waals surface area (Å²) in [6.45, 7) is 1.83. The highest BCUT2D eigenvalue weighted by Crippen LogP contribution is 2.20. The minimum atomic E-state index is -0.361. The highest BCUT2D eigenvalue weighted by atomic mass is 32.2. The molecule has 7 heteroatoms. The molecule has 1 fully saturated rings. The molecule has 2 aliphatic heterocycles. The summed E-state index contributed by atoms with van der Waals surface area (Å²) in [6.07, 6.45) is 3.43. The van der Waals surface area contributed by atoms with Crippen LogP contribution in [0.4, 0.5) is 0 Å². The fourth-order valence-corrected chi connectivity index (χ4v) is 3.19. The van der Waals surface area contributed by atoms with Gasteiger partial charge in [-0.15, -0.1) is 0 Å². The van der Waals surface area contributed by atoms with Crippen LogP contribution in [-0.4, -0.2) is 40.5 Å². The Morgan fingerprint density at radius 3 is 3.32 bits per heavy atom. The van der Waals surface area contributed by atoms with E-state index in [0.29, 0.717) is 18.2 Å². The molecule has 0 spiro atoms. The summed E-state index contributed by atoms with van der Waals surface area (Å²) >= 11 is 1.54. The molecule has 0 bridgehead atoms. The van der Waals surface area contributed by atoms with Gasteiger partial charge in [0, 0.05) is 31.6 Å². The number of nitrogens with one attached hydrogen (secondary N) is 1. The molecule has 0 aromatic carbocycles. The van der Waals surface area contributed by atoms with Crippen molar-refractivity contribution >= 4 is 17.7 Å². The van der Waals surface area contributed by atoms with E-state index in [1.54, 1.807) is 4.57 Å². The molecule has 1 aromatic rings. The van der Waals surface area contributed by atoms with Crippen molar-refractivity contribution < 1.29 is 9.53 Å². The van der Waals surface area contributed by atoms with Crippen LogP contribution in [0.25, 0.3) is 0 Å². The lowest BCUT2D eigenvalue weighted by molar-refractivity contribution is 0.0855. The fourth-order valence-electron chi connectivity index (χ4n) is 2.28.